The molecule has 0 atom stereocenters. The first kappa shape index (κ1) is 36.1. The molecule has 202 valence electrons. The number of nitrogens with one attached hydrogen (secondary N) is 1. The molecular formula is C11H11F17NNaO2SSi. The third kappa shape index (κ3) is 5.03. The summed E-state index contributed by atoms with van der Waals surface area (Å²) >= 11 is 0. The first-order valence-corrected chi connectivity index (χ1v) is 12.4. The van der Waals surface area contributed by atoms with Gasteiger partial charge in [-0.05, 0) is 0 Å². The van der Waals surface area contributed by atoms with Crippen LogP contribution in [0.3, 0.4) is 0 Å². The maximum atomic E-state index is 13.7. The fourth-order valence-electron chi connectivity index (χ4n) is 1.79. The summed E-state index contributed by atoms with van der Waals surface area (Å²) in [6.45, 7) is 2.17. The SMILES string of the molecule is C[Si](C)(C)NS(=O)(=O)C(F)(F)C(F)(F)C(F)(F)C(F)(F)C(F)(F)C(F)(F)C(F)(F)C(F)(F)F.[NaH]. The van der Waals surface area contributed by atoms with Crippen molar-refractivity contribution in [2.45, 2.75) is 66.6 Å². The Kier molecular flexibility index (Phi) is 9.60. The van der Waals surface area contributed by atoms with Crippen molar-refractivity contribution in [1.29, 1.82) is 0 Å². The van der Waals surface area contributed by atoms with E-state index in [2.05, 4.69) is 0 Å². The summed E-state index contributed by atoms with van der Waals surface area (Å²) in [7, 11) is -11.0. The van der Waals surface area contributed by atoms with Gasteiger partial charge in [0.1, 0.15) is 8.24 Å². The third-order valence-corrected chi connectivity index (χ3v) is 7.93. The van der Waals surface area contributed by atoms with E-state index in [1.54, 1.807) is 0 Å². The fourth-order valence-corrected chi connectivity index (χ4v) is 5.99. The van der Waals surface area contributed by atoms with E-state index in [9.17, 15) is 83.1 Å². The molecule has 0 radical (unpaired) electrons. The molecule has 0 aliphatic carbocycles. The van der Waals surface area contributed by atoms with Crippen molar-refractivity contribution in [2.75, 3.05) is 0 Å². The molecule has 0 fully saturated rings. The van der Waals surface area contributed by atoms with Gasteiger partial charge in [-0.2, -0.15) is 74.6 Å². The minimum absolute atomic E-state index is 0. The molecule has 0 aliphatic rings. The van der Waals surface area contributed by atoms with E-state index in [0.29, 0.717) is 4.39 Å². The Labute approximate surface area is 201 Å². The van der Waals surface area contributed by atoms with Gasteiger partial charge in [-0.25, -0.2) is 12.8 Å². The van der Waals surface area contributed by atoms with E-state index in [1.165, 1.54) is 0 Å². The minimum atomic E-state index is -8.82. The monoisotopic (exact) mass is 595 g/mol. The van der Waals surface area contributed by atoms with Gasteiger partial charge in [0.25, 0.3) is 10.0 Å². The second-order valence-electron chi connectivity index (χ2n) is 7.32. The summed E-state index contributed by atoms with van der Waals surface area (Å²) in [5, 5.41) is -7.51. The summed E-state index contributed by atoms with van der Waals surface area (Å²) < 4.78 is 246. The van der Waals surface area contributed by atoms with Gasteiger partial charge in [0.2, 0.25) is 0 Å². The first-order valence-electron chi connectivity index (χ1n) is 7.45. The summed E-state index contributed by atoms with van der Waals surface area (Å²) in [6, 6.07) is 0. The molecule has 34 heavy (non-hydrogen) atoms. The van der Waals surface area contributed by atoms with E-state index in [-0.39, 0.29) is 29.6 Å². The van der Waals surface area contributed by atoms with Gasteiger partial charge in [0.05, 0.1) is 0 Å². The zero-order valence-corrected chi connectivity index (χ0v) is 17.5. The van der Waals surface area contributed by atoms with Gasteiger partial charge in [0.15, 0.2) is 0 Å². The van der Waals surface area contributed by atoms with Crippen LogP contribution in [0.25, 0.3) is 0 Å². The second-order valence-corrected chi connectivity index (χ2v) is 14.2. The molecule has 0 aromatic carbocycles. The van der Waals surface area contributed by atoms with Crippen molar-refractivity contribution < 1.29 is 83.1 Å². The second kappa shape index (κ2) is 9.05. The fraction of sp³-hybridized carbons (Fsp3) is 1.00. The van der Waals surface area contributed by atoms with Crippen LogP contribution in [-0.4, -0.2) is 93.2 Å². The van der Waals surface area contributed by atoms with Crippen molar-refractivity contribution >= 4 is 47.8 Å². The topological polar surface area (TPSA) is 46.2 Å². The van der Waals surface area contributed by atoms with E-state index in [0.717, 1.165) is 19.6 Å². The van der Waals surface area contributed by atoms with Crippen LogP contribution in [0, 0.1) is 0 Å². The van der Waals surface area contributed by atoms with Crippen LogP contribution >= 0.6 is 0 Å². The summed E-state index contributed by atoms with van der Waals surface area (Å²) in [5.74, 6) is -51.5. The van der Waals surface area contributed by atoms with Crippen LogP contribution in [0.5, 0.6) is 0 Å². The molecule has 0 aliphatic heterocycles. The number of sulfonamides is 1. The normalized spacial score (nSPS) is 16.4. The number of hydrogen-bond donors (Lipinski definition) is 1. The third-order valence-electron chi connectivity index (χ3n) is 3.47. The summed E-state index contributed by atoms with van der Waals surface area (Å²) in [6.07, 6.45) is -7.86. The standard InChI is InChI=1S/C11H10F17NO2SSi.Na.H/c1-33(2,3)29-32(30,31)11(27,28)9(22,23)7(18,19)5(14,15)4(12,13)6(16,17)8(20,21)10(24,25)26;;/h29H,1-3H3;;. The molecule has 0 bridgehead atoms. The van der Waals surface area contributed by atoms with Gasteiger partial charge in [-0.15, -0.1) is 0 Å². The Morgan fingerprint density at radius 1 is 0.500 bits per heavy atom. The predicted octanol–water partition coefficient (Wildman–Crippen LogP) is 5.06. The van der Waals surface area contributed by atoms with E-state index < -0.39 is 65.2 Å². The average Bonchev–Trinajstić information content (AvgIpc) is 2.49. The van der Waals surface area contributed by atoms with Crippen LogP contribution in [-0.2, 0) is 10.0 Å². The van der Waals surface area contributed by atoms with Crippen molar-refractivity contribution in [2.24, 2.45) is 0 Å². The molecule has 0 aromatic heterocycles. The van der Waals surface area contributed by atoms with E-state index in [1.807, 2.05) is 0 Å². The number of rotatable bonds is 9. The summed E-state index contributed by atoms with van der Waals surface area (Å²) in [4.78, 5) is 0. The molecule has 1 N–H and O–H groups in total. The van der Waals surface area contributed by atoms with Crippen LogP contribution < -0.4 is 4.39 Å². The molecule has 0 rings (SSSR count). The van der Waals surface area contributed by atoms with Crippen LogP contribution in [0.1, 0.15) is 0 Å². The molecule has 23 heteroatoms. The molecule has 0 saturated heterocycles. The molecule has 0 heterocycles. The number of hydrogen-bond acceptors (Lipinski definition) is 2. The van der Waals surface area contributed by atoms with Crippen LogP contribution in [0.4, 0.5) is 74.6 Å². The van der Waals surface area contributed by atoms with Gasteiger partial charge in [-0.1, -0.05) is 19.6 Å². The van der Waals surface area contributed by atoms with Gasteiger partial charge < -0.3 is 0 Å². The molecule has 0 saturated carbocycles. The average molecular weight is 595 g/mol. The Morgan fingerprint density at radius 2 is 0.735 bits per heavy atom. The van der Waals surface area contributed by atoms with Gasteiger partial charge >= 0.3 is 76.5 Å². The van der Waals surface area contributed by atoms with Crippen molar-refractivity contribution in [3.8, 4) is 0 Å². The van der Waals surface area contributed by atoms with E-state index >= 15 is 0 Å². The quantitative estimate of drug-likeness (QED) is 0.300. The maximum absolute atomic E-state index is 13.7. The van der Waals surface area contributed by atoms with Crippen LogP contribution in [0.15, 0.2) is 0 Å². The molecule has 0 spiro atoms. The first-order chi connectivity index (χ1) is 13.7. The Balaban J connectivity index is 0. The van der Waals surface area contributed by atoms with Crippen molar-refractivity contribution in [1.82, 2.24) is 4.39 Å². The van der Waals surface area contributed by atoms with Gasteiger partial charge in [0, 0.05) is 0 Å². The molecular weight excluding hydrogens is 584 g/mol. The van der Waals surface area contributed by atoms with Crippen molar-refractivity contribution in [3.63, 3.8) is 0 Å². The van der Waals surface area contributed by atoms with Crippen LogP contribution in [0.2, 0.25) is 19.6 Å². The van der Waals surface area contributed by atoms with Gasteiger partial charge in [-0.3, -0.25) is 0 Å². The zero-order chi connectivity index (χ0) is 27.7. The molecule has 0 aromatic rings. The number of alkyl halides is 17. The molecule has 3 nitrogen and oxygen atoms in total. The summed E-state index contributed by atoms with van der Waals surface area (Å²) in [5.41, 5.74) is 0. The Bertz CT molecular complexity index is 849. The van der Waals surface area contributed by atoms with E-state index in [4.69, 9.17) is 0 Å². The Hall–Kier alpha value is -0.0631. The Morgan fingerprint density at radius 3 is 0.971 bits per heavy atom. The van der Waals surface area contributed by atoms with Crippen molar-refractivity contribution in [3.05, 3.63) is 0 Å². The molecule has 0 amide bonds. The predicted molar refractivity (Wildman–Crippen MR) is 83.2 cm³/mol. The number of halogens is 17. The molecule has 0 unspecified atom stereocenters. The zero-order valence-electron chi connectivity index (χ0n) is 15.7.